The molecule has 44 heavy (non-hydrogen) atoms. The number of benzene rings is 4. The van der Waals surface area contributed by atoms with E-state index in [1.165, 1.54) is 42.5 Å². The van der Waals surface area contributed by atoms with Crippen LogP contribution in [0.2, 0.25) is 5.02 Å². The Morgan fingerprint density at radius 2 is 1.59 bits per heavy atom. The van der Waals surface area contributed by atoms with Crippen LogP contribution in [0.4, 0.5) is 22.7 Å². The molecule has 0 bridgehead atoms. The number of anilines is 2. The number of hydrogen-bond acceptors (Lipinski definition) is 9. The number of hydrazine groups is 1. The first-order chi connectivity index (χ1) is 21.2. The number of hydrogen-bond donors (Lipinski definition) is 1. The minimum atomic E-state index is -0.845. The fraction of sp³-hybridized carbons (Fsp3) is 0.0667. The van der Waals surface area contributed by atoms with Gasteiger partial charge in [0, 0.05) is 39.1 Å². The van der Waals surface area contributed by atoms with Gasteiger partial charge in [-0.1, -0.05) is 71.5 Å². The van der Waals surface area contributed by atoms with Crippen LogP contribution in [-0.4, -0.2) is 33.2 Å². The number of rotatable bonds is 7. The molecule has 1 saturated heterocycles. The second-order valence-electron chi connectivity index (χ2n) is 9.66. The molecule has 2 aliphatic heterocycles. The van der Waals surface area contributed by atoms with Crippen molar-refractivity contribution in [3.05, 3.63) is 132 Å². The summed E-state index contributed by atoms with van der Waals surface area (Å²) in [6.07, 6.45) is 1.49. The molecule has 0 spiro atoms. The predicted molar refractivity (Wildman–Crippen MR) is 169 cm³/mol. The predicted octanol–water partition coefficient (Wildman–Crippen LogP) is 7.11. The molecular formula is C30H20ClN5O6S2. The molecule has 4 aromatic rings. The molecule has 1 atom stereocenters. The van der Waals surface area contributed by atoms with Gasteiger partial charge in [0.1, 0.15) is 11.9 Å². The van der Waals surface area contributed by atoms with Crippen LogP contribution in [-0.2, 0) is 9.59 Å². The van der Waals surface area contributed by atoms with Crippen molar-refractivity contribution in [2.24, 2.45) is 0 Å². The van der Waals surface area contributed by atoms with Crippen LogP contribution in [0.15, 0.2) is 106 Å². The van der Waals surface area contributed by atoms with E-state index in [0.29, 0.717) is 16.1 Å². The van der Waals surface area contributed by atoms with Gasteiger partial charge in [-0.05, 0) is 47.5 Å². The Morgan fingerprint density at radius 1 is 0.886 bits per heavy atom. The number of nitro benzene ring substituents is 2. The maximum absolute atomic E-state index is 13.7. The number of nitro groups is 2. The van der Waals surface area contributed by atoms with Gasteiger partial charge in [-0.3, -0.25) is 35.2 Å². The van der Waals surface area contributed by atoms with E-state index in [1.807, 2.05) is 35.2 Å². The number of nitrogens with zero attached hydrogens (tertiary/aromatic N) is 4. The molecule has 2 heterocycles. The van der Waals surface area contributed by atoms with Gasteiger partial charge in [0.15, 0.2) is 0 Å². The van der Waals surface area contributed by atoms with Crippen LogP contribution in [0, 0.1) is 20.2 Å². The third-order valence-electron chi connectivity index (χ3n) is 6.78. The van der Waals surface area contributed by atoms with Gasteiger partial charge in [0.25, 0.3) is 23.2 Å². The lowest BCUT2D eigenvalue weighted by molar-refractivity contribution is -0.385. The van der Waals surface area contributed by atoms with Crippen molar-refractivity contribution in [3.8, 4) is 0 Å². The molecule has 0 aromatic heterocycles. The number of thioether (sulfide) groups is 1. The minimum absolute atomic E-state index is 0.143. The Balaban J connectivity index is 1.33. The van der Waals surface area contributed by atoms with Crippen molar-refractivity contribution < 1.29 is 19.4 Å². The lowest BCUT2D eigenvalue weighted by atomic mass is 10.2. The highest BCUT2D eigenvalue weighted by Gasteiger charge is 2.39. The van der Waals surface area contributed by atoms with Gasteiger partial charge in [-0.25, -0.2) is 5.01 Å². The first-order valence-corrected chi connectivity index (χ1v) is 15.1. The molecule has 0 aliphatic carbocycles. The summed E-state index contributed by atoms with van der Waals surface area (Å²) in [6, 6.07) is 24.7. The monoisotopic (exact) mass is 645 g/mol. The minimum Gasteiger partial charge on any atom is -0.330 e. The van der Waals surface area contributed by atoms with Gasteiger partial charge in [0.05, 0.1) is 26.1 Å². The summed E-state index contributed by atoms with van der Waals surface area (Å²) in [5, 5.41) is 23.6. The number of carbonyl (C=O) groups excluding carboxylic acids is 2. The number of amides is 2. The number of para-hydroxylation sites is 1. The molecule has 1 unspecified atom stereocenters. The fourth-order valence-electron chi connectivity index (χ4n) is 4.83. The molecule has 11 nitrogen and oxygen atoms in total. The summed E-state index contributed by atoms with van der Waals surface area (Å²) in [6.45, 7) is -0.162. The molecule has 1 N–H and O–H groups in total. The highest BCUT2D eigenvalue weighted by atomic mass is 35.5. The lowest BCUT2D eigenvalue weighted by Gasteiger charge is -2.33. The molecule has 6 rings (SSSR count). The van der Waals surface area contributed by atoms with Crippen molar-refractivity contribution >= 4 is 75.8 Å². The second kappa shape index (κ2) is 12.0. The molecule has 2 aliphatic rings. The first kappa shape index (κ1) is 29.2. The van der Waals surface area contributed by atoms with Gasteiger partial charge < -0.3 is 4.90 Å². The average molecular weight is 646 g/mol. The van der Waals surface area contributed by atoms with Crippen LogP contribution in [0.1, 0.15) is 16.5 Å². The summed E-state index contributed by atoms with van der Waals surface area (Å²) in [5.41, 5.74) is 4.76. The molecule has 0 radical (unpaired) electrons. The zero-order valence-corrected chi connectivity index (χ0v) is 24.8. The van der Waals surface area contributed by atoms with E-state index in [4.69, 9.17) is 11.6 Å². The summed E-state index contributed by atoms with van der Waals surface area (Å²) < 4.78 is 0. The third kappa shape index (κ3) is 5.84. The van der Waals surface area contributed by atoms with E-state index in [9.17, 15) is 29.8 Å². The van der Waals surface area contributed by atoms with Crippen molar-refractivity contribution in [2.75, 3.05) is 11.4 Å². The highest BCUT2D eigenvalue weighted by molar-refractivity contribution is 8.04. The fourth-order valence-corrected chi connectivity index (χ4v) is 7.25. The Kier molecular flexibility index (Phi) is 7.99. The van der Waals surface area contributed by atoms with Crippen molar-refractivity contribution in [1.29, 1.82) is 0 Å². The van der Waals surface area contributed by atoms with Crippen LogP contribution in [0.25, 0.3) is 6.08 Å². The van der Waals surface area contributed by atoms with E-state index >= 15 is 0 Å². The Morgan fingerprint density at radius 3 is 2.36 bits per heavy atom. The largest absolute Gasteiger partial charge is 0.330 e. The van der Waals surface area contributed by atoms with Crippen molar-refractivity contribution in [2.45, 2.75) is 15.2 Å². The smallest absolute Gasteiger partial charge is 0.280 e. The highest BCUT2D eigenvalue weighted by Crippen LogP contribution is 2.49. The van der Waals surface area contributed by atoms with Crippen molar-refractivity contribution in [1.82, 2.24) is 10.4 Å². The number of carbonyl (C=O) groups is 2. The average Bonchev–Trinajstić information content (AvgIpc) is 3.31. The van der Waals surface area contributed by atoms with E-state index in [-0.39, 0.29) is 22.8 Å². The van der Waals surface area contributed by atoms with Gasteiger partial charge >= 0.3 is 0 Å². The normalized spacial score (nSPS) is 16.4. The molecule has 220 valence electrons. The zero-order chi connectivity index (χ0) is 31.0. The number of non-ortho nitro benzene ring substituents is 2. The van der Waals surface area contributed by atoms with Crippen LogP contribution < -0.4 is 10.3 Å². The summed E-state index contributed by atoms with van der Waals surface area (Å²) in [5.74, 6) is -1.08. The first-order valence-electron chi connectivity index (χ1n) is 13.0. The molecule has 4 aromatic carbocycles. The third-order valence-corrected chi connectivity index (χ3v) is 9.40. The maximum Gasteiger partial charge on any atom is 0.280 e. The lowest BCUT2D eigenvalue weighted by Crippen LogP contribution is -2.47. The molecule has 14 heteroatoms. The number of nitrogens with one attached hydrogen (secondary N) is 1. The molecule has 0 saturated carbocycles. The van der Waals surface area contributed by atoms with Crippen LogP contribution in [0.3, 0.4) is 0 Å². The Labute approximate surface area is 263 Å². The van der Waals surface area contributed by atoms with E-state index in [1.54, 1.807) is 36.0 Å². The molecule has 2 amide bonds. The van der Waals surface area contributed by atoms with E-state index in [0.717, 1.165) is 37.9 Å². The second-order valence-corrected chi connectivity index (χ2v) is 12.3. The van der Waals surface area contributed by atoms with Gasteiger partial charge in [0.2, 0.25) is 0 Å². The Hall–Kier alpha value is -4.85. The topological polar surface area (TPSA) is 139 Å². The number of halogens is 1. The summed E-state index contributed by atoms with van der Waals surface area (Å²) in [4.78, 5) is 52.9. The molecule has 1 fully saturated rings. The van der Waals surface area contributed by atoms with Crippen molar-refractivity contribution in [3.63, 3.8) is 0 Å². The quantitative estimate of drug-likeness (QED) is 0.127. The van der Waals surface area contributed by atoms with Crippen LogP contribution in [0.5, 0.6) is 0 Å². The van der Waals surface area contributed by atoms with Gasteiger partial charge in [-0.2, -0.15) is 0 Å². The van der Waals surface area contributed by atoms with Gasteiger partial charge in [-0.15, -0.1) is 0 Å². The van der Waals surface area contributed by atoms with Crippen LogP contribution >= 0.6 is 35.1 Å². The Bertz CT molecular complexity index is 1890. The van der Waals surface area contributed by atoms with E-state index in [2.05, 4.69) is 5.43 Å². The standard InChI is InChI=1S/C30H20ClN5O6S2/c31-20-11-12-26-24(16-20)33(23-9-1-2-10-25(23)43-26)17-28(37)32-34-29(38)27(14-18-5-3-7-21(13-18)35(39)40)44-30(34)19-6-4-8-22(15-19)36(41)42/h1-16,30H,17H2,(H,32,37)/b27-14-. The van der Waals surface area contributed by atoms with E-state index < -0.39 is 27.0 Å². The number of fused-ring (bicyclic) bond motifs is 2. The maximum atomic E-state index is 13.7. The zero-order valence-electron chi connectivity index (χ0n) is 22.5. The SMILES string of the molecule is O=C(CN1c2ccccc2Sc2ccc(Cl)cc21)NN1C(=O)/C(=C/c2cccc([N+](=O)[O-])c2)SC1c1cccc([N+](=O)[O-])c1. The molecular weight excluding hydrogens is 626 g/mol. The summed E-state index contributed by atoms with van der Waals surface area (Å²) in [7, 11) is 0. The summed E-state index contributed by atoms with van der Waals surface area (Å²) >= 11 is 8.94.